The summed E-state index contributed by atoms with van der Waals surface area (Å²) in [6.45, 7) is 1.36. The van der Waals surface area contributed by atoms with E-state index >= 15 is 0 Å². The highest BCUT2D eigenvalue weighted by Crippen LogP contribution is 2.38. The maximum Gasteiger partial charge on any atom is 0.171 e. The van der Waals surface area contributed by atoms with Crippen LogP contribution in [-0.4, -0.2) is 61.7 Å². The van der Waals surface area contributed by atoms with Crippen molar-refractivity contribution in [3.05, 3.63) is 41.6 Å². The smallest absolute Gasteiger partial charge is 0.171 e. The number of amidine groups is 2. The fourth-order valence-corrected chi connectivity index (χ4v) is 3.36. The van der Waals surface area contributed by atoms with E-state index in [1.54, 1.807) is 39.6 Å². The highest BCUT2D eigenvalue weighted by molar-refractivity contribution is 6.21. The van der Waals surface area contributed by atoms with Crippen molar-refractivity contribution in [2.75, 3.05) is 39.7 Å². The van der Waals surface area contributed by atoms with Gasteiger partial charge in [0.25, 0.3) is 0 Å². The van der Waals surface area contributed by atoms with Crippen molar-refractivity contribution in [1.82, 2.24) is 9.88 Å². The van der Waals surface area contributed by atoms with Crippen molar-refractivity contribution >= 4 is 29.0 Å². The third-order valence-electron chi connectivity index (χ3n) is 4.80. The Balaban J connectivity index is 1.68. The van der Waals surface area contributed by atoms with E-state index in [9.17, 15) is 4.79 Å². The molecule has 3 heterocycles. The number of fused-ring (bicyclic) bond motifs is 3. The maximum absolute atomic E-state index is 12.8. The Bertz CT molecular complexity index is 982. The molecule has 8 nitrogen and oxygen atoms in total. The van der Waals surface area contributed by atoms with Crippen LogP contribution in [0.5, 0.6) is 11.5 Å². The molecule has 0 aliphatic carbocycles. The number of Topliss-reactive ketones (excluding diaryl/α,β-unsaturated/α-hetero) is 1. The number of aromatic nitrogens is 1. The third kappa shape index (κ3) is 3.06. The Hall–Kier alpha value is -3.42. The van der Waals surface area contributed by atoms with Crippen LogP contribution in [0.15, 0.2) is 40.4 Å². The van der Waals surface area contributed by atoms with Crippen LogP contribution in [0.25, 0.3) is 0 Å². The fraction of sp³-hybridized carbons (Fsp3) is 0.300. The molecule has 28 heavy (non-hydrogen) atoms. The lowest BCUT2D eigenvalue weighted by Crippen LogP contribution is -2.38. The molecule has 2 aromatic rings. The van der Waals surface area contributed by atoms with Gasteiger partial charge in [-0.25, -0.2) is 9.98 Å². The lowest BCUT2D eigenvalue weighted by molar-refractivity contribution is 0.0998. The van der Waals surface area contributed by atoms with Crippen molar-refractivity contribution < 1.29 is 14.3 Å². The van der Waals surface area contributed by atoms with Crippen molar-refractivity contribution in [3.63, 3.8) is 0 Å². The molecular weight excluding hydrogens is 358 g/mol. The van der Waals surface area contributed by atoms with E-state index in [1.807, 2.05) is 17.0 Å². The van der Waals surface area contributed by atoms with Crippen LogP contribution < -0.4 is 14.8 Å². The molecule has 0 spiro atoms. The minimum atomic E-state index is -0.0379. The van der Waals surface area contributed by atoms with E-state index in [1.165, 1.54) is 0 Å². The number of ketones is 1. The van der Waals surface area contributed by atoms with Gasteiger partial charge in [0.2, 0.25) is 0 Å². The molecule has 4 rings (SSSR count). The lowest BCUT2D eigenvalue weighted by Gasteiger charge is -2.28. The summed E-state index contributed by atoms with van der Waals surface area (Å²) in [5.41, 5.74) is 2.16. The van der Waals surface area contributed by atoms with Gasteiger partial charge in [-0.05, 0) is 18.2 Å². The van der Waals surface area contributed by atoms with Gasteiger partial charge in [-0.2, -0.15) is 0 Å². The Kier molecular flexibility index (Phi) is 4.68. The molecule has 1 N–H and O–H groups in total. The Morgan fingerprint density at radius 3 is 2.68 bits per heavy atom. The highest BCUT2D eigenvalue weighted by Gasteiger charge is 2.31. The molecular formula is C20H21N5O3. The summed E-state index contributed by atoms with van der Waals surface area (Å²) in [6.07, 6.45) is 1.76. The molecule has 0 unspecified atom stereocenters. The average Bonchev–Trinajstić information content (AvgIpc) is 3.23. The first kappa shape index (κ1) is 18.0. The number of rotatable bonds is 6. The molecule has 1 aromatic carbocycles. The van der Waals surface area contributed by atoms with Crippen molar-refractivity contribution in [2.24, 2.45) is 9.98 Å². The van der Waals surface area contributed by atoms with E-state index in [0.717, 1.165) is 22.9 Å². The molecule has 0 amide bonds. The summed E-state index contributed by atoms with van der Waals surface area (Å²) < 4.78 is 10.8. The number of nitrogens with zero attached hydrogens (tertiary/aromatic N) is 4. The van der Waals surface area contributed by atoms with Gasteiger partial charge in [0.05, 0.1) is 32.9 Å². The summed E-state index contributed by atoms with van der Waals surface area (Å²) in [6, 6.07) is 7.25. The molecule has 2 aliphatic heterocycles. The number of hydrogen-bond donors (Lipinski definition) is 1. The largest absolute Gasteiger partial charge is 0.493 e. The summed E-state index contributed by atoms with van der Waals surface area (Å²) in [5.74, 6) is 3.39. The van der Waals surface area contributed by atoms with Gasteiger partial charge in [0, 0.05) is 37.0 Å². The fourth-order valence-electron chi connectivity index (χ4n) is 3.36. The summed E-state index contributed by atoms with van der Waals surface area (Å²) in [4.78, 5) is 28.4. The zero-order valence-electron chi connectivity index (χ0n) is 16.0. The van der Waals surface area contributed by atoms with Gasteiger partial charge < -0.3 is 19.7 Å². The standard InChI is InChI=1S/C20H21N5O3/c1-21-18-5-4-12(11-23-18)15(26)10-19-24-14-9-17(28-3)16(27-2)8-13(14)20-22-6-7-25(19)20/h4-5,8-9,11H,6-7,10H2,1-3H3,(H,21,23). The topological polar surface area (TPSA) is 88.4 Å². The molecule has 144 valence electrons. The Labute approximate surface area is 162 Å². The molecule has 0 saturated heterocycles. The van der Waals surface area contributed by atoms with E-state index < -0.39 is 0 Å². The van der Waals surface area contributed by atoms with Crippen LogP contribution in [-0.2, 0) is 0 Å². The van der Waals surface area contributed by atoms with Gasteiger partial charge in [-0.15, -0.1) is 0 Å². The monoisotopic (exact) mass is 379 g/mol. The summed E-state index contributed by atoms with van der Waals surface area (Å²) in [7, 11) is 4.97. The van der Waals surface area contributed by atoms with Crippen LogP contribution in [0.1, 0.15) is 22.3 Å². The van der Waals surface area contributed by atoms with E-state index in [2.05, 4.69) is 15.3 Å². The predicted molar refractivity (Wildman–Crippen MR) is 107 cm³/mol. The summed E-state index contributed by atoms with van der Waals surface area (Å²) >= 11 is 0. The number of ether oxygens (including phenoxy) is 2. The number of nitrogens with one attached hydrogen (secondary N) is 1. The minimum Gasteiger partial charge on any atom is -0.493 e. The predicted octanol–water partition coefficient (Wildman–Crippen LogP) is 2.52. The SMILES string of the molecule is CNc1ccc(C(=O)CC2=Nc3cc(OC)c(OC)cc3C3=NCCN23)cn1. The number of carbonyl (C=O) groups is 1. The lowest BCUT2D eigenvalue weighted by atomic mass is 10.0. The average molecular weight is 379 g/mol. The molecule has 0 radical (unpaired) electrons. The highest BCUT2D eigenvalue weighted by atomic mass is 16.5. The van der Waals surface area contributed by atoms with Crippen LogP contribution in [0, 0.1) is 0 Å². The molecule has 0 atom stereocenters. The number of hydrogen-bond acceptors (Lipinski definition) is 8. The van der Waals surface area contributed by atoms with Crippen LogP contribution in [0.4, 0.5) is 11.5 Å². The molecule has 0 saturated carbocycles. The number of anilines is 1. The first-order valence-electron chi connectivity index (χ1n) is 8.97. The third-order valence-corrected chi connectivity index (χ3v) is 4.80. The van der Waals surface area contributed by atoms with E-state index in [4.69, 9.17) is 14.5 Å². The van der Waals surface area contributed by atoms with Gasteiger partial charge in [0.1, 0.15) is 17.5 Å². The second-order valence-corrected chi connectivity index (χ2v) is 6.39. The molecule has 8 heteroatoms. The van der Waals surface area contributed by atoms with E-state index in [-0.39, 0.29) is 12.2 Å². The van der Waals surface area contributed by atoms with Crippen LogP contribution >= 0.6 is 0 Å². The Morgan fingerprint density at radius 2 is 2.00 bits per heavy atom. The first-order chi connectivity index (χ1) is 13.6. The molecule has 0 bridgehead atoms. The number of aliphatic imine (C=N–C) groups is 2. The summed E-state index contributed by atoms with van der Waals surface area (Å²) in [5, 5.41) is 2.94. The number of pyridine rings is 1. The molecule has 1 aromatic heterocycles. The van der Waals surface area contributed by atoms with Crippen LogP contribution in [0.2, 0.25) is 0 Å². The van der Waals surface area contributed by atoms with Gasteiger partial charge >= 0.3 is 0 Å². The van der Waals surface area contributed by atoms with Gasteiger partial charge in [-0.3, -0.25) is 9.79 Å². The number of methoxy groups -OCH3 is 2. The number of carbonyl (C=O) groups excluding carboxylic acids is 1. The second-order valence-electron chi connectivity index (χ2n) is 6.39. The normalized spacial score (nSPS) is 14.6. The molecule has 0 fully saturated rings. The Morgan fingerprint density at radius 1 is 1.21 bits per heavy atom. The number of benzene rings is 1. The van der Waals surface area contributed by atoms with E-state index in [0.29, 0.717) is 36.0 Å². The van der Waals surface area contributed by atoms with Crippen LogP contribution in [0.3, 0.4) is 0 Å². The first-order valence-corrected chi connectivity index (χ1v) is 8.97. The quantitative estimate of drug-likeness (QED) is 0.776. The zero-order chi connectivity index (χ0) is 19.7. The zero-order valence-corrected chi connectivity index (χ0v) is 16.0. The minimum absolute atomic E-state index is 0.0379. The van der Waals surface area contributed by atoms with Crippen molar-refractivity contribution in [2.45, 2.75) is 6.42 Å². The van der Waals surface area contributed by atoms with Gasteiger partial charge in [-0.1, -0.05) is 0 Å². The maximum atomic E-state index is 12.8. The van der Waals surface area contributed by atoms with Gasteiger partial charge in [0.15, 0.2) is 17.3 Å². The second kappa shape index (κ2) is 7.30. The van der Waals surface area contributed by atoms with Crippen molar-refractivity contribution in [3.8, 4) is 11.5 Å². The molecule has 2 aliphatic rings. The van der Waals surface area contributed by atoms with Crippen molar-refractivity contribution in [1.29, 1.82) is 0 Å².